The lowest BCUT2D eigenvalue weighted by Gasteiger charge is -2.46. The van der Waals surface area contributed by atoms with E-state index in [4.69, 9.17) is 10.5 Å². The van der Waals surface area contributed by atoms with Gasteiger partial charge in [-0.2, -0.15) is 0 Å². The largest absolute Gasteiger partial charge is 0.381 e. The van der Waals surface area contributed by atoms with Gasteiger partial charge in [0.1, 0.15) is 0 Å². The van der Waals surface area contributed by atoms with Gasteiger partial charge in [-0.05, 0) is 65.0 Å². The van der Waals surface area contributed by atoms with Gasteiger partial charge in [0.25, 0.3) is 0 Å². The highest BCUT2D eigenvalue weighted by Gasteiger charge is 2.47. The van der Waals surface area contributed by atoms with Crippen molar-refractivity contribution in [2.24, 2.45) is 11.1 Å². The molecule has 0 aromatic heterocycles. The van der Waals surface area contributed by atoms with Crippen LogP contribution >= 0.6 is 0 Å². The molecular formula is C14H28N2O. The van der Waals surface area contributed by atoms with Gasteiger partial charge in [-0.3, -0.25) is 4.90 Å². The Bertz CT molecular complexity index is 264. The van der Waals surface area contributed by atoms with Gasteiger partial charge in [-0.15, -0.1) is 0 Å². The average molecular weight is 240 g/mol. The Morgan fingerprint density at radius 2 is 1.82 bits per heavy atom. The van der Waals surface area contributed by atoms with Crippen molar-refractivity contribution in [1.29, 1.82) is 0 Å². The van der Waals surface area contributed by atoms with Crippen LogP contribution in [0.1, 0.15) is 46.5 Å². The standard InChI is InChI=1S/C14H28N2O/c1-13(2,3)16-7-5-14(6-8-16)10-11(17-4)9-12(14)15/h11-12H,5-10,15H2,1-4H3/t11?,12-/m1/s1. The SMILES string of the molecule is COC1C[C@@H](N)C2(CCN(C(C)(C)C)CC2)C1. The summed E-state index contributed by atoms with van der Waals surface area (Å²) >= 11 is 0. The van der Waals surface area contributed by atoms with Crippen molar-refractivity contribution in [3.63, 3.8) is 0 Å². The summed E-state index contributed by atoms with van der Waals surface area (Å²) in [5.41, 5.74) is 7.03. The number of likely N-dealkylation sites (tertiary alicyclic amines) is 1. The molecule has 2 atom stereocenters. The molecule has 0 amide bonds. The Hall–Kier alpha value is -0.120. The van der Waals surface area contributed by atoms with Crippen LogP contribution in [0.3, 0.4) is 0 Å². The summed E-state index contributed by atoms with van der Waals surface area (Å²) < 4.78 is 5.51. The Morgan fingerprint density at radius 3 is 2.24 bits per heavy atom. The third-order valence-electron chi connectivity index (χ3n) is 4.98. The molecule has 1 saturated carbocycles. The normalized spacial score (nSPS) is 34.4. The Morgan fingerprint density at radius 1 is 1.24 bits per heavy atom. The summed E-state index contributed by atoms with van der Waals surface area (Å²) in [5, 5.41) is 0. The van der Waals surface area contributed by atoms with Gasteiger partial charge in [-0.25, -0.2) is 0 Å². The lowest BCUT2D eigenvalue weighted by molar-refractivity contribution is 0.0267. The first-order chi connectivity index (χ1) is 7.87. The molecule has 17 heavy (non-hydrogen) atoms. The van der Waals surface area contributed by atoms with Crippen molar-refractivity contribution >= 4 is 0 Å². The number of rotatable bonds is 1. The molecule has 1 unspecified atom stereocenters. The first-order valence-corrected chi connectivity index (χ1v) is 6.91. The van der Waals surface area contributed by atoms with Crippen molar-refractivity contribution < 1.29 is 4.74 Å². The molecule has 2 rings (SSSR count). The van der Waals surface area contributed by atoms with E-state index in [-0.39, 0.29) is 0 Å². The van der Waals surface area contributed by atoms with E-state index >= 15 is 0 Å². The zero-order valence-corrected chi connectivity index (χ0v) is 11.8. The number of hydrogen-bond acceptors (Lipinski definition) is 3. The minimum Gasteiger partial charge on any atom is -0.381 e. The van der Waals surface area contributed by atoms with Crippen molar-refractivity contribution in [1.82, 2.24) is 4.90 Å². The van der Waals surface area contributed by atoms with Crippen LogP contribution in [0.15, 0.2) is 0 Å². The molecule has 2 N–H and O–H groups in total. The fraction of sp³-hybridized carbons (Fsp3) is 1.00. The van der Waals surface area contributed by atoms with Crippen LogP contribution in [0.25, 0.3) is 0 Å². The first kappa shape index (κ1) is 13.3. The fourth-order valence-electron chi connectivity index (χ4n) is 3.60. The molecule has 1 aliphatic heterocycles. The van der Waals surface area contributed by atoms with E-state index in [9.17, 15) is 0 Å². The Labute approximate surface area is 106 Å². The van der Waals surface area contributed by atoms with Crippen LogP contribution in [0.4, 0.5) is 0 Å². The van der Waals surface area contributed by atoms with E-state index < -0.39 is 0 Å². The van der Waals surface area contributed by atoms with Crippen LogP contribution in [-0.4, -0.2) is 42.8 Å². The lowest BCUT2D eigenvalue weighted by atomic mass is 9.73. The quantitative estimate of drug-likeness (QED) is 0.762. The molecule has 0 aromatic rings. The highest BCUT2D eigenvalue weighted by molar-refractivity contribution is 5.02. The molecule has 1 saturated heterocycles. The van der Waals surface area contributed by atoms with Crippen LogP contribution in [0.5, 0.6) is 0 Å². The van der Waals surface area contributed by atoms with Gasteiger partial charge in [0, 0.05) is 18.7 Å². The van der Waals surface area contributed by atoms with Gasteiger partial charge < -0.3 is 10.5 Å². The maximum atomic E-state index is 6.37. The summed E-state index contributed by atoms with van der Waals surface area (Å²) in [5.74, 6) is 0. The van der Waals surface area contributed by atoms with Crippen molar-refractivity contribution in [2.45, 2.75) is 64.1 Å². The van der Waals surface area contributed by atoms with E-state index in [0.29, 0.717) is 23.1 Å². The molecule has 1 aliphatic carbocycles. The molecule has 1 spiro atoms. The maximum Gasteiger partial charge on any atom is 0.0592 e. The topological polar surface area (TPSA) is 38.5 Å². The molecule has 0 bridgehead atoms. The molecule has 3 heteroatoms. The number of hydrogen-bond donors (Lipinski definition) is 1. The van der Waals surface area contributed by atoms with Gasteiger partial charge >= 0.3 is 0 Å². The number of nitrogens with zero attached hydrogens (tertiary/aromatic N) is 1. The number of ether oxygens (including phenoxy) is 1. The second-order valence-electron chi connectivity index (χ2n) is 6.92. The summed E-state index contributed by atoms with van der Waals surface area (Å²) in [4.78, 5) is 2.59. The number of methoxy groups -OCH3 is 1. The van der Waals surface area contributed by atoms with E-state index in [1.807, 2.05) is 7.11 Å². The molecule has 0 radical (unpaired) electrons. The van der Waals surface area contributed by atoms with Crippen molar-refractivity contribution in [2.75, 3.05) is 20.2 Å². The molecule has 2 fully saturated rings. The third-order valence-corrected chi connectivity index (χ3v) is 4.98. The smallest absolute Gasteiger partial charge is 0.0592 e. The van der Waals surface area contributed by atoms with E-state index in [1.54, 1.807) is 0 Å². The van der Waals surface area contributed by atoms with E-state index in [0.717, 1.165) is 6.42 Å². The first-order valence-electron chi connectivity index (χ1n) is 6.91. The highest BCUT2D eigenvalue weighted by atomic mass is 16.5. The predicted molar refractivity (Wildman–Crippen MR) is 71.0 cm³/mol. The summed E-state index contributed by atoms with van der Waals surface area (Å²) in [6.45, 7) is 9.29. The highest BCUT2D eigenvalue weighted by Crippen LogP contribution is 2.47. The maximum absolute atomic E-state index is 6.37. The van der Waals surface area contributed by atoms with Crippen LogP contribution in [-0.2, 0) is 4.74 Å². The van der Waals surface area contributed by atoms with Gasteiger partial charge in [0.05, 0.1) is 6.10 Å². The summed E-state index contributed by atoms with van der Waals surface area (Å²) in [6.07, 6.45) is 5.09. The molecular weight excluding hydrogens is 212 g/mol. The van der Waals surface area contributed by atoms with Crippen molar-refractivity contribution in [3.05, 3.63) is 0 Å². The van der Waals surface area contributed by atoms with Crippen LogP contribution in [0, 0.1) is 5.41 Å². The summed E-state index contributed by atoms with van der Waals surface area (Å²) in [6, 6.07) is 0.342. The van der Waals surface area contributed by atoms with Gasteiger partial charge in [0.2, 0.25) is 0 Å². The molecule has 2 aliphatic rings. The van der Waals surface area contributed by atoms with Gasteiger partial charge in [-0.1, -0.05) is 0 Å². The molecule has 3 nitrogen and oxygen atoms in total. The monoisotopic (exact) mass is 240 g/mol. The Kier molecular flexibility index (Phi) is 3.54. The van der Waals surface area contributed by atoms with Crippen LogP contribution in [0.2, 0.25) is 0 Å². The van der Waals surface area contributed by atoms with Crippen LogP contribution < -0.4 is 5.73 Å². The minimum absolute atomic E-state index is 0.297. The number of piperidine rings is 1. The zero-order chi connectivity index (χ0) is 12.7. The third kappa shape index (κ3) is 2.51. The predicted octanol–water partition coefficient (Wildman–Crippen LogP) is 2.00. The second kappa shape index (κ2) is 4.52. The average Bonchev–Trinajstić information content (AvgIpc) is 2.55. The van der Waals surface area contributed by atoms with Gasteiger partial charge in [0.15, 0.2) is 0 Å². The molecule has 1 heterocycles. The van der Waals surface area contributed by atoms with E-state index in [1.165, 1.54) is 32.4 Å². The van der Waals surface area contributed by atoms with E-state index in [2.05, 4.69) is 25.7 Å². The fourth-order valence-corrected chi connectivity index (χ4v) is 3.60. The number of nitrogens with two attached hydrogens (primary N) is 1. The van der Waals surface area contributed by atoms with Crippen molar-refractivity contribution in [3.8, 4) is 0 Å². The lowest BCUT2D eigenvalue weighted by Crippen LogP contribution is -2.52. The second-order valence-corrected chi connectivity index (χ2v) is 6.92. The summed E-state index contributed by atoms with van der Waals surface area (Å²) in [7, 11) is 1.82. The minimum atomic E-state index is 0.297. The molecule has 0 aromatic carbocycles. The zero-order valence-electron chi connectivity index (χ0n) is 11.8. The molecule has 100 valence electrons. The Balaban J connectivity index is 1.98.